The fraction of sp³-hybridized carbons (Fsp3) is 0.500. The van der Waals surface area contributed by atoms with Crippen LogP contribution in [0.15, 0.2) is 24.3 Å². The van der Waals surface area contributed by atoms with E-state index in [-0.39, 0.29) is 5.72 Å². The number of ether oxygens (including phenoxy) is 1. The highest BCUT2D eigenvalue weighted by molar-refractivity contribution is 5.26. The molecule has 2 rings (SSSR count). The van der Waals surface area contributed by atoms with Crippen molar-refractivity contribution in [3.8, 4) is 0 Å². The molecule has 1 aromatic carbocycles. The largest absolute Gasteiger partial charge is 0.352 e. The van der Waals surface area contributed by atoms with Crippen LogP contribution in [0.1, 0.15) is 25.0 Å². The summed E-state index contributed by atoms with van der Waals surface area (Å²) in [5.74, 6) is 0. The molecule has 2 nitrogen and oxygen atoms in total. The van der Waals surface area contributed by atoms with Crippen molar-refractivity contribution in [1.29, 1.82) is 0 Å². The topological polar surface area (TPSA) is 21.3 Å². The van der Waals surface area contributed by atoms with Crippen LogP contribution in [-0.2, 0) is 10.5 Å². The molecule has 0 bridgehead atoms. The van der Waals surface area contributed by atoms with E-state index < -0.39 is 0 Å². The second-order valence-electron chi connectivity index (χ2n) is 4.21. The molecule has 1 aliphatic rings. The molecule has 2 heteroatoms. The van der Waals surface area contributed by atoms with E-state index >= 15 is 0 Å². The minimum absolute atomic E-state index is 0.293. The summed E-state index contributed by atoms with van der Waals surface area (Å²) >= 11 is 0. The fourth-order valence-electron chi connectivity index (χ4n) is 1.87. The highest BCUT2D eigenvalue weighted by Gasteiger charge is 2.34. The summed E-state index contributed by atoms with van der Waals surface area (Å²) in [7, 11) is 0. The van der Waals surface area contributed by atoms with Crippen LogP contribution >= 0.6 is 0 Å². The van der Waals surface area contributed by atoms with Crippen molar-refractivity contribution in [2.24, 2.45) is 0 Å². The Morgan fingerprint density at radius 3 is 2.50 bits per heavy atom. The Balaban J connectivity index is 2.26. The highest BCUT2D eigenvalue weighted by atomic mass is 16.5. The predicted octanol–water partition coefficient (Wildman–Crippen LogP) is 2.18. The second-order valence-corrected chi connectivity index (χ2v) is 4.21. The molecule has 1 aliphatic heterocycles. The van der Waals surface area contributed by atoms with Gasteiger partial charge in [0.25, 0.3) is 0 Å². The standard InChI is InChI=1S/C12H17NO/c1-9-4-6-11(7-5-9)12(3)13-8-10(2)14-12/h4-7,10,13H,8H2,1-3H3. The quantitative estimate of drug-likeness (QED) is 0.734. The van der Waals surface area contributed by atoms with Crippen molar-refractivity contribution in [1.82, 2.24) is 5.32 Å². The lowest BCUT2D eigenvalue weighted by molar-refractivity contribution is -0.0342. The molecule has 2 unspecified atom stereocenters. The molecular weight excluding hydrogens is 174 g/mol. The third-order valence-corrected chi connectivity index (χ3v) is 2.77. The third-order valence-electron chi connectivity index (χ3n) is 2.77. The maximum Gasteiger partial charge on any atom is 0.142 e. The summed E-state index contributed by atoms with van der Waals surface area (Å²) in [6.45, 7) is 7.19. The maximum atomic E-state index is 5.86. The van der Waals surface area contributed by atoms with E-state index in [0.717, 1.165) is 6.54 Å². The number of hydrogen-bond acceptors (Lipinski definition) is 2. The van der Waals surface area contributed by atoms with Crippen molar-refractivity contribution in [3.63, 3.8) is 0 Å². The van der Waals surface area contributed by atoms with Gasteiger partial charge >= 0.3 is 0 Å². The first-order valence-electron chi connectivity index (χ1n) is 5.10. The fourth-order valence-corrected chi connectivity index (χ4v) is 1.87. The molecule has 1 fully saturated rings. The molecule has 0 radical (unpaired) electrons. The van der Waals surface area contributed by atoms with E-state index in [2.05, 4.69) is 50.4 Å². The van der Waals surface area contributed by atoms with E-state index in [9.17, 15) is 0 Å². The van der Waals surface area contributed by atoms with Gasteiger partial charge in [-0.15, -0.1) is 0 Å². The van der Waals surface area contributed by atoms with E-state index in [1.807, 2.05) is 0 Å². The van der Waals surface area contributed by atoms with Crippen molar-refractivity contribution in [2.75, 3.05) is 6.54 Å². The zero-order valence-corrected chi connectivity index (χ0v) is 9.00. The van der Waals surface area contributed by atoms with Gasteiger partial charge in [-0.1, -0.05) is 29.8 Å². The summed E-state index contributed by atoms with van der Waals surface area (Å²) in [5.41, 5.74) is 2.18. The normalized spacial score (nSPS) is 32.1. The van der Waals surface area contributed by atoms with Gasteiger partial charge < -0.3 is 4.74 Å². The molecule has 0 aliphatic carbocycles. The Morgan fingerprint density at radius 2 is 2.00 bits per heavy atom. The third kappa shape index (κ3) is 1.68. The molecule has 0 amide bonds. The summed E-state index contributed by atoms with van der Waals surface area (Å²) < 4.78 is 5.86. The summed E-state index contributed by atoms with van der Waals surface area (Å²) in [6, 6.07) is 8.49. The molecule has 1 N–H and O–H groups in total. The number of rotatable bonds is 1. The highest BCUT2D eigenvalue weighted by Crippen LogP contribution is 2.28. The van der Waals surface area contributed by atoms with Crippen LogP contribution < -0.4 is 5.32 Å². The van der Waals surface area contributed by atoms with Crippen LogP contribution in [0.2, 0.25) is 0 Å². The molecule has 14 heavy (non-hydrogen) atoms. The summed E-state index contributed by atoms with van der Waals surface area (Å²) in [4.78, 5) is 0. The average molecular weight is 191 g/mol. The van der Waals surface area contributed by atoms with E-state index in [0.29, 0.717) is 6.10 Å². The lowest BCUT2D eigenvalue weighted by Crippen LogP contribution is -2.34. The minimum Gasteiger partial charge on any atom is -0.352 e. The van der Waals surface area contributed by atoms with Gasteiger partial charge in [-0.3, -0.25) is 5.32 Å². The van der Waals surface area contributed by atoms with Crippen LogP contribution in [0.25, 0.3) is 0 Å². The molecule has 1 heterocycles. The molecular formula is C12H17NO. The van der Waals surface area contributed by atoms with E-state index in [4.69, 9.17) is 4.74 Å². The van der Waals surface area contributed by atoms with Gasteiger partial charge in [0, 0.05) is 6.54 Å². The van der Waals surface area contributed by atoms with Gasteiger partial charge in [-0.2, -0.15) is 0 Å². The zero-order chi connectivity index (χ0) is 10.2. The lowest BCUT2D eigenvalue weighted by Gasteiger charge is -2.24. The number of hydrogen-bond donors (Lipinski definition) is 1. The van der Waals surface area contributed by atoms with Gasteiger partial charge in [0.2, 0.25) is 0 Å². The molecule has 1 aromatic rings. The van der Waals surface area contributed by atoms with Gasteiger partial charge in [0.05, 0.1) is 6.10 Å². The maximum absolute atomic E-state index is 5.86. The smallest absolute Gasteiger partial charge is 0.142 e. The monoisotopic (exact) mass is 191 g/mol. The molecule has 0 spiro atoms. The van der Waals surface area contributed by atoms with Crippen molar-refractivity contribution >= 4 is 0 Å². The van der Waals surface area contributed by atoms with Crippen molar-refractivity contribution in [2.45, 2.75) is 32.6 Å². The van der Waals surface area contributed by atoms with Crippen LogP contribution in [0.4, 0.5) is 0 Å². The SMILES string of the molecule is Cc1ccc(C2(C)NCC(C)O2)cc1. The van der Waals surface area contributed by atoms with Gasteiger partial charge in [-0.05, 0) is 26.3 Å². The molecule has 0 saturated carbocycles. The Labute approximate surface area is 85.3 Å². The molecule has 76 valence electrons. The summed E-state index contributed by atoms with van der Waals surface area (Å²) in [6.07, 6.45) is 0.293. The van der Waals surface area contributed by atoms with Crippen molar-refractivity contribution < 1.29 is 4.74 Å². The van der Waals surface area contributed by atoms with Crippen LogP contribution in [0.3, 0.4) is 0 Å². The lowest BCUT2D eigenvalue weighted by atomic mass is 10.0. The molecule has 0 aromatic heterocycles. The number of aryl methyl sites for hydroxylation is 1. The number of benzene rings is 1. The minimum atomic E-state index is -0.298. The molecule has 2 atom stereocenters. The molecule has 1 saturated heterocycles. The van der Waals surface area contributed by atoms with Crippen molar-refractivity contribution in [3.05, 3.63) is 35.4 Å². The van der Waals surface area contributed by atoms with E-state index in [1.54, 1.807) is 0 Å². The second kappa shape index (κ2) is 3.37. The number of nitrogens with one attached hydrogen (secondary N) is 1. The first-order valence-corrected chi connectivity index (χ1v) is 5.10. The predicted molar refractivity (Wildman–Crippen MR) is 57.1 cm³/mol. The van der Waals surface area contributed by atoms with E-state index in [1.165, 1.54) is 11.1 Å². The van der Waals surface area contributed by atoms with Crippen LogP contribution in [0.5, 0.6) is 0 Å². The zero-order valence-electron chi connectivity index (χ0n) is 9.00. The Morgan fingerprint density at radius 1 is 1.36 bits per heavy atom. The Kier molecular flexibility index (Phi) is 2.33. The van der Waals surface area contributed by atoms with Gasteiger partial charge in [0.15, 0.2) is 0 Å². The van der Waals surface area contributed by atoms with Gasteiger partial charge in [0.1, 0.15) is 5.72 Å². The first kappa shape index (κ1) is 9.69. The summed E-state index contributed by atoms with van der Waals surface area (Å²) in [5, 5.41) is 3.40. The van der Waals surface area contributed by atoms with Crippen LogP contribution in [0, 0.1) is 6.92 Å². The Hall–Kier alpha value is -0.860. The Bertz CT molecular complexity index is 320. The first-order chi connectivity index (χ1) is 6.60. The van der Waals surface area contributed by atoms with Crippen LogP contribution in [-0.4, -0.2) is 12.6 Å². The average Bonchev–Trinajstić information content (AvgIpc) is 2.48. The van der Waals surface area contributed by atoms with Gasteiger partial charge in [-0.25, -0.2) is 0 Å².